The number of nitrogens with zero attached hydrogens (tertiary/aromatic N) is 3. The molecule has 3 aromatic rings. The summed E-state index contributed by atoms with van der Waals surface area (Å²) in [5, 5.41) is 5.97. The summed E-state index contributed by atoms with van der Waals surface area (Å²) in [4.78, 5) is 33.0. The predicted octanol–water partition coefficient (Wildman–Crippen LogP) is 3.78. The highest BCUT2D eigenvalue weighted by Crippen LogP contribution is 2.29. The number of thiazole rings is 1. The number of hydrogen-bond donors (Lipinski definition) is 1. The van der Waals surface area contributed by atoms with Gasteiger partial charge in [0.25, 0.3) is 0 Å². The first-order valence-corrected chi connectivity index (χ1v) is 11.4. The molecule has 0 spiro atoms. The molecule has 0 aliphatic carbocycles. The summed E-state index contributed by atoms with van der Waals surface area (Å²) in [5.41, 5.74) is 3.32. The number of carbonyl (C=O) groups excluding carboxylic acids is 2. The summed E-state index contributed by atoms with van der Waals surface area (Å²) in [6.07, 6.45) is 0. The second-order valence-corrected chi connectivity index (χ2v) is 8.53. The van der Waals surface area contributed by atoms with Gasteiger partial charge in [0.05, 0.1) is 19.3 Å². The minimum atomic E-state index is -0.0522. The van der Waals surface area contributed by atoms with Crippen LogP contribution in [0, 0.1) is 0 Å². The van der Waals surface area contributed by atoms with E-state index in [-0.39, 0.29) is 11.7 Å². The van der Waals surface area contributed by atoms with Gasteiger partial charge in [-0.3, -0.25) is 14.5 Å². The molecule has 1 fully saturated rings. The minimum absolute atomic E-state index is 0.0107. The molecule has 2 aromatic carbocycles. The Morgan fingerprint density at radius 2 is 1.84 bits per heavy atom. The molecule has 0 atom stereocenters. The van der Waals surface area contributed by atoms with Gasteiger partial charge < -0.3 is 15.0 Å². The van der Waals surface area contributed by atoms with Crippen molar-refractivity contribution in [3.05, 3.63) is 59.5 Å². The number of rotatable bonds is 7. The molecule has 1 amide bonds. The number of anilines is 2. The Bertz CT molecular complexity index is 1090. The molecule has 0 saturated carbocycles. The Labute approximate surface area is 191 Å². The summed E-state index contributed by atoms with van der Waals surface area (Å²) in [6.45, 7) is 5.11. The maximum atomic E-state index is 12.4. The van der Waals surface area contributed by atoms with E-state index >= 15 is 0 Å². The Morgan fingerprint density at radius 3 is 2.53 bits per heavy atom. The fourth-order valence-electron chi connectivity index (χ4n) is 3.61. The molecule has 7 nitrogen and oxygen atoms in total. The largest absolute Gasteiger partial charge is 0.497 e. The number of ether oxygens (including phenoxy) is 1. The first-order valence-electron chi connectivity index (χ1n) is 10.5. The van der Waals surface area contributed by atoms with E-state index in [0.717, 1.165) is 48.3 Å². The lowest BCUT2D eigenvalue weighted by Gasteiger charge is -2.34. The Morgan fingerprint density at radius 1 is 1.09 bits per heavy atom. The highest BCUT2D eigenvalue weighted by atomic mass is 32.1. The van der Waals surface area contributed by atoms with Gasteiger partial charge in [0.2, 0.25) is 5.91 Å². The molecule has 32 heavy (non-hydrogen) atoms. The van der Waals surface area contributed by atoms with Gasteiger partial charge in [0.1, 0.15) is 5.75 Å². The number of carbonyl (C=O) groups is 2. The predicted molar refractivity (Wildman–Crippen MR) is 128 cm³/mol. The average Bonchev–Trinajstić information content (AvgIpc) is 3.30. The van der Waals surface area contributed by atoms with E-state index in [2.05, 4.69) is 20.5 Å². The summed E-state index contributed by atoms with van der Waals surface area (Å²) in [7, 11) is 1.66. The van der Waals surface area contributed by atoms with Crippen LogP contribution in [0.25, 0.3) is 11.3 Å². The van der Waals surface area contributed by atoms with E-state index in [1.165, 1.54) is 6.92 Å². The molecule has 8 heteroatoms. The van der Waals surface area contributed by atoms with Gasteiger partial charge >= 0.3 is 0 Å². The van der Waals surface area contributed by atoms with Crippen LogP contribution in [0.1, 0.15) is 17.3 Å². The third-order valence-electron chi connectivity index (χ3n) is 5.44. The van der Waals surface area contributed by atoms with Crippen molar-refractivity contribution < 1.29 is 14.3 Å². The van der Waals surface area contributed by atoms with Gasteiger partial charge in [0.15, 0.2) is 10.9 Å². The molecule has 4 rings (SSSR count). The summed E-state index contributed by atoms with van der Waals surface area (Å²) >= 11 is 1.64. The summed E-state index contributed by atoms with van der Waals surface area (Å²) in [5.74, 6) is 0.777. The number of amides is 1. The maximum Gasteiger partial charge on any atom is 0.238 e. The average molecular weight is 451 g/mol. The fraction of sp³-hybridized carbons (Fsp3) is 0.292. The van der Waals surface area contributed by atoms with Crippen molar-refractivity contribution in [3.63, 3.8) is 0 Å². The lowest BCUT2D eigenvalue weighted by atomic mass is 10.1. The first kappa shape index (κ1) is 22.0. The van der Waals surface area contributed by atoms with Gasteiger partial charge in [-0.25, -0.2) is 4.98 Å². The zero-order chi connectivity index (χ0) is 22.5. The Kier molecular flexibility index (Phi) is 6.82. The third kappa shape index (κ3) is 5.33. The van der Waals surface area contributed by atoms with Crippen LogP contribution in [0.15, 0.2) is 53.9 Å². The molecule has 1 aliphatic rings. The number of methoxy groups -OCH3 is 1. The van der Waals surface area contributed by atoms with Gasteiger partial charge in [-0.15, -0.1) is 11.3 Å². The number of Topliss-reactive ketones (excluding diaryl/α,β-unsaturated/α-hetero) is 1. The van der Waals surface area contributed by atoms with Crippen LogP contribution < -0.4 is 15.0 Å². The van der Waals surface area contributed by atoms with Crippen LogP contribution in [0.3, 0.4) is 0 Å². The molecule has 166 valence electrons. The van der Waals surface area contributed by atoms with Gasteiger partial charge in [-0.1, -0.05) is 12.1 Å². The van der Waals surface area contributed by atoms with Crippen LogP contribution in [0.4, 0.5) is 10.8 Å². The van der Waals surface area contributed by atoms with Crippen molar-refractivity contribution in [1.82, 2.24) is 9.88 Å². The minimum Gasteiger partial charge on any atom is -0.497 e. The van der Waals surface area contributed by atoms with E-state index in [0.29, 0.717) is 17.8 Å². The van der Waals surface area contributed by atoms with E-state index in [9.17, 15) is 9.59 Å². The molecule has 1 saturated heterocycles. The molecule has 1 aromatic heterocycles. The molecule has 1 N–H and O–H groups in total. The van der Waals surface area contributed by atoms with Crippen LogP contribution in [0.2, 0.25) is 0 Å². The van der Waals surface area contributed by atoms with Crippen LogP contribution in [-0.4, -0.2) is 61.4 Å². The second-order valence-electron chi connectivity index (χ2n) is 7.69. The Hall–Kier alpha value is -3.23. The highest BCUT2D eigenvalue weighted by molar-refractivity contribution is 7.14. The molecule has 1 aliphatic heterocycles. The molecular weight excluding hydrogens is 424 g/mol. The molecule has 2 heterocycles. The lowest BCUT2D eigenvalue weighted by molar-refractivity contribution is -0.117. The number of benzene rings is 2. The Balaban J connectivity index is 1.28. The highest BCUT2D eigenvalue weighted by Gasteiger charge is 2.21. The maximum absolute atomic E-state index is 12.4. The van der Waals surface area contributed by atoms with E-state index in [1.54, 1.807) is 42.7 Å². The number of nitrogens with one attached hydrogen (secondary N) is 1. The second kappa shape index (κ2) is 9.93. The number of ketones is 1. The normalized spacial score (nSPS) is 14.2. The molecular formula is C24H26N4O3S. The lowest BCUT2D eigenvalue weighted by Crippen LogP contribution is -2.48. The zero-order valence-corrected chi connectivity index (χ0v) is 19.0. The number of hydrogen-bond acceptors (Lipinski definition) is 7. The quantitative estimate of drug-likeness (QED) is 0.552. The van der Waals surface area contributed by atoms with E-state index in [4.69, 9.17) is 9.72 Å². The van der Waals surface area contributed by atoms with Crippen LogP contribution in [0.5, 0.6) is 5.75 Å². The molecule has 0 unspecified atom stereocenters. The summed E-state index contributed by atoms with van der Waals surface area (Å²) < 4.78 is 5.31. The van der Waals surface area contributed by atoms with Crippen molar-refractivity contribution >= 4 is 33.8 Å². The van der Waals surface area contributed by atoms with Crippen LogP contribution in [-0.2, 0) is 4.79 Å². The van der Waals surface area contributed by atoms with Crippen molar-refractivity contribution in [2.75, 3.05) is 50.1 Å². The van der Waals surface area contributed by atoms with Crippen molar-refractivity contribution in [3.8, 4) is 17.0 Å². The fourth-order valence-corrected chi connectivity index (χ4v) is 4.50. The SMILES string of the molecule is COc1cccc(-c2csc(N3CCN(CC(=O)Nc4ccc(C(C)=O)cc4)CC3)n2)c1. The van der Waals surface area contributed by atoms with Crippen molar-refractivity contribution in [1.29, 1.82) is 0 Å². The van der Waals surface area contributed by atoms with Gasteiger partial charge in [-0.05, 0) is 43.3 Å². The third-order valence-corrected chi connectivity index (χ3v) is 6.34. The summed E-state index contributed by atoms with van der Waals surface area (Å²) in [6, 6.07) is 14.9. The smallest absolute Gasteiger partial charge is 0.238 e. The van der Waals surface area contributed by atoms with Gasteiger partial charge in [0, 0.05) is 48.4 Å². The van der Waals surface area contributed by atoms with Crippen molar-refractivity contribution in [2.24, 2.45) is 0 Å². The van der Waals surface area contributed by atoms with Crippen molar-refractivity contribution in [2.45, 2.75) is 6.92 Å². The number of piperazine rings is 1. The molecule has 0 bridgehead atoms. The van der Waals surface area contributed by atoms with Crippen LogP contribution >= 0.6 is 11.3 Å². The van der Waals surface area contributed by atoms with Gasteiger partial charge in [-0.2, -0.15) is 0 Å². The number of aromatic nitrogens is 1. The standard InChI is InChI=1S/C24H26N4O3S/c1-17(29)18-6-8-20(9-7-18)25-23(30)15-27-10-12-28(13-11-27)24-26-22(16-32-24)19-4-3-5-21(14-19)31-2/h3-9,14,16H,10-13,15H2,1-2H3,(H,25,30). The topological polar surface area (TPSA) is 74.8 Å². The first-order chi connectivity index (χ1) is 15.5. The van der Waals surface area contributed by atoms with E-state index in [1.807, 2.05) is 24.3 Å². The molecule has 0 radical (unpaired) electrons. The zero-order valence-electron chi connectivity index (χ0n) is 18.2. The van der Waals surface area contributed by atoms with E-state index < -0.39 is 0 Å². The monoisotopic (exact) mass is 450 g/mol.